The Morgan fingerprint density at radius 2 is 1.96 bits per heavy atom. The lowest BCUT2D eigenvalue weighted by Gasteiger charge is -2.19. The molecule has 15 heteroatoms. The van der Waals surface area contributed by atoms with Crippen LogP contribution in [0.4, 0.5) is 0 Å². The summed E-state index contributed by atoms with van der Waals surface area (Å²) in [5.74, 6) is -3.06. The van der Waals surface area contributed by atoms with Gasteiger partial charge in [0.1, 0.15) is 12.1 Å². The number of aliphatic hydroxyl groups is 2. The number of aromatic nitrogens is 2. The van der Waals surface area contributed by atoms with Crippen molar-refractivity contribution in [3.63, 3.8) is 0 Å². The van der Waals surface area contributed by atoms with E-state index in [-0.39, 0.29) is 11.7 Å². The number of nitrogens with two attached hydrogens (primary N) is 2. The SMILES string of the molecule is CC(O)C(NS(=O)(=O)N[C@@H](CC(N)=O)c1nc([C@@H](N)CO)no1)C(=O)O. The number of rotatable bonds is 11. The molecule has 14 nitrogen and oxygen atoms in total. The summed E-state index contributed by atoms with van der Waals surface area (Å²) in [6.07, 6.45) is -2.14. The zero-order valence-electron chi connectivity index (χ0n) is 13.6. The van der Waals surface area contributed by atoms with Gasteiger partial charge in [0, 0.05) is 0 Å². The summed E-state index contributed by atoms with van der Waals surface area (Å²) in [5, 5.41) is 30.7. The molecule has 9 N–H and O–H groups in total. The first-order chi connectivity index (χ1) is 12.0. The van der Waals surface area contributed by atoms with Crippen LogP contribution in [0.2, 0.25) is 0 Å². The molecule has 2 unspecified atom stereocenters. The predicted molar refractivity (Wildman–Crippen MR) is 83.2 cm³/mol. The van der Waals surface area contributed by atoms with Gasteiger partial charge in [-0.05, 0) is 6.92 Å². The molecule has 0 bridgehead atoms. The van der Waals surface area contributed by atoms with Crippen LogP contribution in [0.1, 0.15) is 37.1 Å². The van der Waals surface area contributed by atoms with Crippen molar-refractivity contribution in [1.29, 1.82) is 0 Å². The molecule has 1 aromatic rings. The third-order valence-corrected chi connectivity index (χ3v) is 4.18. The number of carbonyl (C=O) groups excluding carboxylic acids is 1. The molecular formula is C11H20N6O8S. The van der Waals surface area contributed by atoms with E-state index in [1.807, 2.05) is 4.72 Å². The summed E-state index contributed by atoms with van der Waals surface area (Å²) >= 11 is 0. The summed E-state index contributed by atoms with van der Waals surface area (Å²) < 4.78 is 32.7. The number of aliphatic carboxylic acids is 1. The number of amides is 1. The standard InChI is InChI=1S/C11H20N6O8S/c1-4(19)8(11(21)22)17-26(23,24)16-6(2-7(13)20)10-14-9(15-25-10)5(12)3-18/h4-6,8,16-19H,2-3,12H2,1H3,(H2,13,20)(H,21,22)/t4?,5-,6-,8?/m0/s1. The van der Waals surface area contributed by atoms with E-state index >= 15 is 0 Å². The number of aliphatic hydroxyl groups excluding tert-OH is 2. The Morgan fingerprint density at radius 3 is 2.42 bits per heavy atom. The van der Waals surface area contributed by atoms with Crippen LogP contribution < -0.4 is 20.9 Å². The van der Waals surface area contributed by atoms with E-state index in [0.29, 0.717) is 0 Å². The summed E-state index contributed by atoms with van der Waals surface area (Å²) in [7, 11) is -4.54. The fourth-order valence-electron chi connectivity index (χ4n) is 1.75. The topological polar surface area (TPSA) is 244 Å². The molecule has 1 rings (SSSR count). The van der Waals surface area contributed by atoms with E-state index < -0.39 is 59.3 Å². The number of carboxylic acid groups (broad SMARTS) is 1. The van der Waals surface area contributed by atoms with Crippen molar-refractivity contribution in [3.8, 4) is 0 Å². The van der Waals surface area contributed by atoms with Crippen LogP contribution in [0.25, 0.3) is 0 Å². The molecule has 0 saturated heterocycles. The molecule has 148 valence electrons. The maximum Gasteiger partial charge on any atom is 0.324 e. The number of hydrogen-bond acceptors (Lipinski definition) is 10. The highest BCUT2D eigenvalue weighted by Gasteiger charge is 2.32. The van der Waals surface area contributed by atoms with Gasteiger partial charge in [0.2, 0.25) is 11.8 Å². The fraction of sp³-hybridized carbons (Fsp3) is 0.636. The van der Waals surface area contributed by atoms with Crippen molar-refractivity contribution < 1.29 is 37.8 Å². The molecule has 1 aromatic heterocycles. The van der Waals surface area contributed by atoms with Crippen molar-refractivity contribution in [2.45, 2.75) is 37.6 Å². The molecule has 0 saturated carbocycles. The van der Waals surface area contributed by atoms with Crippen molar-refractivity contribution in [2.24, 2.45) is 11.5 Å². The van der Waals surface area contributed by atoms with Gasteiger partial charge in [-0.15, -0.1) is 0 Å². The average Bonchev–Trinajstić information content (AvgIpc) is 3.00. The smallest absolute Gasteiger partial charge is 0.324 e. The average molecular weight is 396 g/mol. The van der Waals surface area contributed by atoms with Gasteiger partial charge < -0.3 is 31.3 Å². The Bertz CT molecular complexity index is 735. The Labute approximate surface area is 147 Å². The first-order valence-corrected chi connectivity index (χ1v) is 8.63. The van der Waals surface area contributed by atoms with E-state index in [2.05, 4.69) is 10.1 Å². The van der Waals surface area contributed by atoms with Crippen molar-refractivity contribution in [3.05, 3.63) is 11.7 Å². The van der Waals surface area contributed by atoms with Gasteiger partial charge in [0.15, 0.2) is 5.82 Å². The van der Waals surface area contributed by atoms with Gasteiger partial charge in [-0.25, -0.2) is 0 Å². The number of primary amides is 1. The highest BCUT2D eigenvalue weighted by molar-refractivity contribution is 7.87. The minimum Gasteiger partial charge on any atom is -0.480 e. The predicted octanol–water partition coefficient (Wildman–Crippen LogP) is -3.76. The van der Waals surface area contributed by atoms with Gasteiger partial charge in [-0.1, -0.05) is 5.16 Å². The first-order valence-electron chi connectivity index (χ1n) is 7.15. The molecule has 0 fully saturated rings. The molecule has 4 atom stereocenters. The molecule has 0 aromatic carbocycles. The Kier molecular flexibility index (Phi) is 7.54. The fourth-order valence-corrected chi connectivity index (χ4v) is 3.00. The van der Waals surface area contributed by atoms with E-state index in [9.17, 15) is 23.1 Å². The Balaban J connectivity index is 3.04. The van der Waals surface area contributed by atoms with Gasteiger partial charge in [0.05, 0.1) is 25.2 Å². The molecule has 0 spiro atoms. The van der Waals surface area contributed by atoms with Gasteiger partial charge >= 0.3 is 5.97 Å². The van der Waals surface area contributed by atoms with Crippen molar-refractivity contribution >= 4 is 22.1 Å². The molecule has 0 aliphatic carbocycles. The summed E-state index contributed by atoms with van der Waals surface area (Å²) in [6.45, 7) is 0.560. The molecular weight excluding hydrogens is 376 g/mol. The van der Waals surface area contributed by atoms with E-state index in [1.54, 1.807) is 4.72 Å². The van der Waals surface area contributed by atoms with Crippen LogP contribution in [0.5, 0.6) is 0 Å². The molecule has 1 heterocycles. The second-order valence-electron chi connectivity index (χ2n) is 5.30. The molecule has 1 amide bonds. The van der Waals surface area contributed by atoms with E-state index in [0.717, 1.165) is 6.92 Å². The Hall–Kier alpha value is -2.17. The van der Waals surface area contributed by atoms with Crippen LogP contribution in [0.3, 0.4) is 0 Å². The molecule has 0 radical (unpaired) electrons. The third-order valence-electron chi connectivity index (χ3n) is 3.02. The van der Waals surface area contributed by atoms with E-state index in [1.165, 1.54) is 0 Å². The molecule has 26 heavy (non-hydrogen) atoms. The summed E-state index contributed by atoms with van der Waals surface area (Å²) in [4.78, 5) is 26.0. The van der Waals surface area contributed by atoms with Crippen LogP contribution in [0.15, 0.2) is 4.52 Å². The lowest BCUT2D eigenvalue weighted by Crippen LogP contribution is -2.52. The summed E-state index contributed by atoms with van der Waals surface area (Å²) in [6, 6.07) is -4.27. The number of nitrogens with one attached hydrogen (secondary N) is 2. The minimum absolute atomic E-state index is 0.142. The monoisotopic (exact) mass is 396 g/mol. The molecule has 0 aliphatic rings. The zero-order valence-corrected chi connectivity index (χ0v) is 14.4. The lowest BCUT2D eigenvalue weighted by molar-refractivity contribution is -0.141. The second-order valence-corrected chi connectivity index (χ2v) is 6.78. The quantitative estimate of drug-likeness (QED) is 0.191. The highest BCUT2D eigenvalue weighted by atomic mass is 32.2. The van der Waals surface area contributed by atoms with Crippen LogP contribution in [-0.2, 0) is 19.8 Å². The van der Waals surface area contributed by atoms with Crippen molar-refractivity contribution in [1.82, 2.24) is 19.6 Å². The number of nitrogens with zero attached hydrogens (tertiary/aromatic N) is 2. The number of carboxylic acids is 1. The highest BCUT2D eigenvalue weighted by Crippen LogP contribution is 2.17. The lowest BCUT2D eigenvalue weighted by atomic mass is 10.2. The first kappa shape index (κ1) is 21.9. The van der Waals surface area contributed by atoms with Gasteiger partial charge in [0.25, 0.3) is 10.2 Å². The largest absolute Gasteiger partial charge is 0.480 e. The van der Waals surface area contributed by atoms with E-state index in [4.69, 9.17) is 26.2 Å². The summed E-state index contributed by atoms with van der Waals surface area (Å²) in [5.41, 5.74) is 10.6. The second kappa shape index (κ2) is 8.97. The zero-order chi connectivity index (χ0) is 20.1. The van der Waals surface area contributed by atoms with Crippen LogP contribution in [0, 0.1) is 0 Å². The number of carbonyl (C=O) groups is 2. The normalized spacial score (nSPS) is 16.6. The Morgan fingerprint density at radius 1 is 1.35 bits per heavy atom. The van der Waals surface area contributed by atoms with Gasteiger partial charge in [-0.2, -0.15) is 22.8 Å². The molecule has 0 aliphatic heterocycles. The van der Waals surface area contributed by atoms with Crippen molar-refractivity contribution in [2.75, 3.05) is 6.61 Å². The van der Waals surface area contributed by atoms with Crippen LogP contribution >= 0.6 is 0 Å². The third kappa shape index (κ3) is 6.28. The van der Waals surface area contributed by atoms with Crippen LogP contribution in [-0.4, -0.2) is 64.5 Å². The maximum absolute atomic E-state index is 12.1. The number of hydrogen-bond donors (Lipinski definition) is 7. The maximum atomic E-state index is 12.1. The minimum atomic E-state index is -4.54. The van der Waals surface area contributed by atoms with Gasteiger partial charge in [-0.3, -0.25) is 9.59 Å².